The van der Waals surface area contributed by atoms with Crippen molar-refractivity contribution < 1.29 is 19.2 Å². The third kappa shape index (κ3) is 3.52. The van der Waals surface area contributed by atoms with Crippen molar-refractivity contribution in [2.75, 3.05) is 0 Å². The number of aromatic nitrogens is 2. The van der Waals surface area contributed by atoms with Gasteiger partial charge in [-0.05, 0) is 52.0 Å². The quantitative estimate of drug-likeness (QED) is 0.237. The summed E-state index contributed by atoms with van der Waals surface area (Å²) in [6, 6.07) is 8.36. The summed E-state index contributed by atoms with van der Waals surface area (Å²) in [6.07, 6.45) is 5.58. The Morgan fingerprint density at radius 2 is 2.03 bits per heavy atom. The van der Waals surface area contributed by atoms with Crippen LogP contribution in [0.4, 0.5) is 5.69 Å². The maximum atomic E-state index is 12.3. The summed E-state index contributed by atoms with van der Waals surface area (Å²) >= 11 is 3.63. The molecule has 33 heavy (non-hydrogen) atoms. The Morgan fingerprint density at radius 1 is 1.27 bits per heavy atom. The molecule has 9 heteroatoms. The van der Waals surface area contributed by atoms with Crippen LogP contribution in [0.3, 0.4) is 0 Å². The molecule has 3 aliphatic rings. The van der Waals surface area contributed by atoms with Gasteiger partial charge in [-0.25, -0.2) is 9.78 Å². The highest BCUT2D eigenvalue weighted by atomic mass is 79.9. The first-order chi connectivity index (χ1) is 15.9. The van der Waals surface area contributed by atoms with Crippen molar-refractivity contribution >= 4 is 27.6 Å². The fourth-order valence-corrected chi connectivity index (χ4v) is 5.24. The minimum Gasteiger partial charge on any atom is -0.477 e. The minimum absolute atomic E-state index is 0.0230. The molecular formula is C24H20BrN3O5. The second-order valence-corrected chi connectivity index (χ2v) is 8.90. The largest absolute Gasteiger partial charge is 0.477 e. The van der Waals surface area contributed by atoms with Crippen LogP contribution < -0.4 is 0 Å². The fourth-order valence-electron chi connectivity index (χ4n) is 4.48. The van der Waals surface area contributed by atoms with Crippen LogP contribution in [0.15, 0.2) is 51.7 Å². The summed E-state index contributed by atoms with van der Waals surface area (Å²) in [5.74, 6) is -0.144. The predicted octanol–water partition coefficient (Wildman–Crippen LogP) is 6.10. The number of rotatable bonds is 7. The van der Waals surface area contributed by atoms with E-state index in [4.69, 9.17) is 4.42 Å². The number of hydrogen-bond acceptors (Lipinski definition) is 5. The zero-order valence-electron chi connectivity index (χ0n) is 17.7. The van der Waals surface area contributed by atoms with Crippen LogP contribution >= 0.6 is 15.9 Å². The average Bonchev–Trinajstić information content (AvgIpc) is 3.53. The molecule has 0 radical (unpaired) electrons. The molecule has 0 unspecified atom stereocenters. The Kier molecular flexibility index (Phi) is 5.28. The highest BCUT2D eigenvalue weighted by Crippen LogP contribution is 2.49. The molecule has 2 aromatic rings. The normalized spacial score (nSPS) is 13.5. The van der Waals surface area contributed by atoms with Crippen molar-refractivity contribution in [1.82, 2.24) is 9.55 Å². The van der Waals surface area contributed by atoms with Gasteiger partial charge in [-0.2, -0.15) is 0 Å². The van der Waals surface area contributed by atoms with E-state index in [9.17, 15) is 20.0 Å². The van der Waals surface area contributed by atoms with Crippen LogP contribution in [0.5, 0.6) is 0 Å². The average molecular weight is 510 g/mol. The topological polar surface area (TPSA) is 111 Å². The summed E-state index contributed by atoms with van der Waals surface area (Å²) < 4.78 is 7.80. The van der Waals surface area contributed by atoms with Gasteiger partial charge in [0.15, 0.2) is 5.69 Å². The van der Waals surface area contributed by atoms with E-state index in [0.717, 1.165) is 29.5 Å². The van der Waals surface area contributed by atoms with E-state index < -0.39 is 10.9 Å². The van der Waals surface area contributed by atoms with E-state index >= 15 is 0 Å². The molecule has 1 fully saturated rings. The Labute approximate surface area is 197 Å². The monoisotopic (exact) mass is 509 g/mol. The number of aromatic carboxylic acids is 1. The van der Waals surface area contributed by atoms with Crippen molar-refractivity contribution in [2.45, 2.75) is 38.6 Å². The molecule has 1 aliphatic heterocycles. The maximum absolute atomic E-state index is 12.3. The number of para-hydroxylation sites is 1. The van der Waals surface area contributed by atoms with Crippen LogP contribution in [0.2, 0.25) is 0 Å². The number of nitrogens with zero attached hydrogens (tertiary/aromatic N) is 3. The third-order valence-corrected chi connectivity index (χ3v) is 6.94. The number of fused-ring (bicyclic) bond motifs is 1. The van der Waals surface area contributed by atoms with Gasteiger partial charge in [-0.1, -0.05) is 19.1 Å². The number of halogens is 1. The third-order valence-electron chi connectivity index (χ3n) is 6.11. The lowest BCUT2D eigenvalue weighted by atomic mass is 10.0. The number of aryl methyl sites for hydroxylation is 1. The molecule has 168 valence electrons. The number of nitro benzene ring substituents is 1. The van der Waals surface area contributed by atoms with Crippen molar-refractivity contribution in [3.63, 3.8) is 0 Å². The SMILES string of the molecule is CCc1nc(C2CC2)c(C(=O)O)n1Cc1c2ccocc-2c(Br)c1-c1ccccc1[N+](=O)[O-]. The van der Waals surface area contributed by atoms with Gasteiger partial charge >= 0.3 is 5.97 Å². The molecule has 1 saturated carbocycles. The lowest BCUT2D eigenvalue weighted by Gasteiger charge is -2.13. The Bertz CT molecular complexity index is 1370. The summed E-state index contributed by atoms with van der Waals surface area (Å²) in [4.78, 5) is 28.4. The summed E-state index contributed by atoms with van der Waals surface area (Å²) in [5, 5.41) is 21.9. The molecule has 5 rings (SSSR count). The molecule has 1 N–H and O–H groups in total. The molecule has 1 aromatic carbocycles. The van der Waals surface area contributed by atoms with Crippen molar-refractivity contribution in [3.8, 4) is 22.3 Å². The van der Waals surface area contributed by atoms with Gasteiger partial charge in [-0.3, -0.25) is 10.1 Å². The number of carbonyl (C=O) groups is 1. The Hall–Kier alpha value is -3.46. The molecule has 0 atom stereocenters. The van der Waals surface area contributed by atoms with E-state index in [0.29, 0.717) is 33.5 Å². The first-order valence-electron chi connectivity index (χ1n) is 10.6. The number of imidazole rings is 1. The van der Waals surface area contributed by atoms with Gasteiger partial charge in [0.2, 0.25) is 0 Å². The van der Waals surface area contributed by atoms with Crippen LogP contribution in [0, 0.1) is 10.1 Å². The van der Waals surface area contributed by atoms with Crippen LogP contribution in [0.25, 0.3) is 22.3 Å². The first kappa shape index (κ1) is 21.4. The van der Waals surface area contributed by atoms with Crippen molar-refractivity contribution in [1.29, 1.82) is 0 Å². The highest BCUT2D eigenvalue weighted by Gasteiger charge is 2.35. The summed E-state index contributed by atoms with van der Waals surface area (Å²) in [5.41, 5.74) is 4.30. The van der Waals surface area contributed by atoms with Gasteiger partial charge in [0.25, 0.3) is 5.69 Å². The fraction of sp³-hybridized carbons (Fsp3) is 0.250. The van der Waals surface area contributed by atoms with E-state index in [1.807, 2.05) is 6.92 Å². The molecule has 0 amide bonds. The predicted molar refractivity (Wildman–Crippen MR) is 125 cm³/mol. The van der Waals surface area contributed by atoms with Crippen molar-refractivity contribution in [2.24, 2.45) is 0 Å². The van der Waals surface area contributed by atoms with Gasteiger partial charge in [0, 0.05) is 34.0 Å². The number of carboxylic acid groups (broad SMARTS) is 1. The molecular weight excluding hydrogens is 490 g/mol. The maximum Gasteiger partial charge on any atom is 0.354 e. The number of carboxylic acids is 1. The first-order valence-corrected chi connectivity index (χ1v) is 11.4. The second kappa shape index (κ2) is 8.15. The molecule has 2 aliphatic carbocycles. The molecule has 0 saturated heterocycles. The zero-order valence-corrected chi connectivity index (χ0v) is 19.3. The van der Waals surface area contributed by atoms with E-state index in [1.165, 1.54) is 6.07 Å². The highest BCUT2D eigenvalue weighted by molar-refractivity contribution is 9.10. The Morgan fingerprint density at radius 3 is 2.70 bits per heavy atom. The van der Waals surface area contributed by atoms with E-state index in [2.05, 4.69) is 20.9 Å². The second-order valence-electron chi connectivity index (χ2n) is 8.11. The van der Waals surface area contributed by atoms with Gasteiger partial charge in [0.1, 0.15) is 5.82 Å². The smallest absolute Gasteiger partial charge is 0.354 e. The van der Waals surface area contributed by atoms with Crippen LogP contribution in [-0.4, -0.2) is 25.6 Å². The van der Waals surface area contributed by atoms with Crippen LogP contribution in [-0.2, 0) is 13.0 Å². The van der Waals surface area contributed by atoms with Crippen molar-refractivity contribution in [3.05, 3.63) is 80.2 Å². The lowest BCUT2D eigenvalue weighted by molar-refractivity contribution is -0.384. The zero-order chi connectivity index (χ0) is 23.3. The lowest BCUT2D eigenvalue weighted by Crippen LogP contribution is -2.14. The number of hydrogen-bond donors (Lipinski definition) is 1. The number of benzene rings is 1. The van der Waals surface area contributed by atoms with Gasteiger partial charge < -0.3 is 14.1 Å². The molecule has 1 aromatic heterocycles. The van der Waals surface area contributed by atoms with Crippen LogP contribution in [0.1, 0.15) is 53.3 Å². The standard InChI is InChI=1S/C24H20BrN3O5/c1-2-19-26-22(13-7-8-13)23(24(29)30)27(19)11-16-14-9-10-33-12-17(14)21(25)20(16)15-5-3-4-6-18(15)28(31)32/h3-6,9-10,12-13H,2,7-8,11H2,1H3,(H,29,30). The van der Waals surface area contributed by atoms with E-state index in [1.54, 1.807) is 41.4 Å². The molecule has 2 heterocycles. The summed E-state index contributed by atoms with van der Waals surface area (Å²) in [6.45, 7) is 2.17. The van der Waals surface area contributed by atoms with Gasteiger partial charge in [0.05, 0.1) is 35.3 Å². The Balaban J connectivity index is 1.77. The summed E-state index contributed by atoms with van der Waals surface area (Å²) in [7, 11) is 0. The van der Waals surface area contributed by atoms with Gasteiger partial charge in [-0.15, -0.1) is 0 Å². The minimum atomic E-state index is -1.01. The van der Waals surface area contributed by atoms with E-state index in [-0.39, 0.29) is 23.8 Å². The number of nitro groups is 1. The molecule has 0 spiro atoms. The molecule has 8 nitrogen and oxygen atoms in total. The molecule has 0 bridgehead atoms.